The summed E-state index contributed by atoms with van der Waals surface area (Å²) in [6.07, 6.45) is 0. The van der Waals surface area contributed by atoms with Gasteiger partial charge in [-0.2, -0.15) is 0 Å². The summed E-state index contributed by atoms with van der Waals surface area (Å²) >= 11 is 1.21. The van der Waals surface area contributed by atoms with Crippen molar-refractivity contribution in [3.05, 3.63) is 119 Å². The number of aliphatic carboxylic acids is 2. The highest BCUT2D eigenvalue weighted by Gasteiger charge is 2.37. The topological polar surface area (TPSA) is 121 Å². The Morgan fingerprint density at radius 2 is 1.30 bits per heavy atom. The number of hydrogen-bond acceptors (Lipinski definition) is 7. The van der Waals surface area contributed by atoms with Crippen molar-refractivity contribution in [3.8, 4) is 0 Å². The number of thiazole rings is 1. The zero-order valence-electron chi connectivity index (χ0n) is 20.2. The van der Waals surface area contributed by atoms with Crippen LogP contribution in [0.5, 0.6) is 0 Å². The van der Waals surface area contributed by atoms with Gasteiger partial charge < -0.3 is 20.4 Å². The highest BCUT2D eigenvalue weighted by Crippen LogP contribution is 2.40. The fraction of sp³-hybridized carbons (Fsp3) is 0.143. The molecule has 8 nitrogen and oxygen atoms in total. The molecule has 0 saturated heterocycles. The van der Waals surface area contributed by atoms with Gasteiger partial charge in [0.25, 0.3) is 0 Å². The van der Waals surface area contributed by atoms with Gasteiger partial charge in [0.1, 0.15) is 11.2 Å². The number of nitrogens with one attached hydrogen (secondary N) is 1. The maximum Gasteiger partial charge on any atom is 0.360 e. The first-order valence-electron chi connectivity index (χ1n) is 11.4. The lowest BCUT2D eigenvalue weighted by atomic mass is 9.77. The van der Waals surface area contributed by atoms with Gasteiger partial charge in [0.2, 0.25) is 11.3 Å². The van der Waals surface area contributed by atoms with Crippen molar-refractivity contribution in [3.63, 3.8) is 0 Å². The predicted molar refractivity (Wildman–Crippen MR) is 142 cm³/mol. The van der Waals surface area contributed by atoms with Gasteiger partial charge in [0, 0.05) is 5.38 Å². The van der Waals surface area contributed by atoms with E-state index in [1.807, 2.05) is 91.0 Å². The minimum Gasteiger partial charge on any atom is -0.478 e. The van der Waals surface area contributed by atoms with Crippen LogP contribution < -0.4 is 5.32 Å². The molecule has 0 aliphatic heterocycles. The molecule has 4 rings (SSSR count). The van der Waals surface area contributed by atoms with Gasteiger partial charge in [-0.25, -0.2) is 14.6 Å². The third-order valence-electron chi connectivity index (χ3n) is 5.74. The standard InChI is InChI=1S/C28H25N3O5S/c1-27(2,25(34)35)36-31-23(24(32)33)22-18-37-26(29-22)30-28(19-12-6-3-7-13-19,20-14-8-4-9-15-20)21-16-10-5-11-17-21/h3-18H,1-2H3,(H,29,30)(H,32,33)(H,34,35)/b31-23-. The fourth-order valence-corrected chi connectivity index (χ4v) is 4.53. The lowest BCUT2D eigenvalue weighted by Gasteiger charge is -2.36. The number of rotatable bonds is 10. The van der Waals surface area contributed by atoms with Gasteiger partial charge in [-0.1, -0.05) is 96.2 Å². The van der Waals surface area contributed by atoms with E-state index in [1.54, 1.807) is 0 Å². The Balaban J connectivity index is 1.82. The van der Waals surface area contributed by atoms with Crippen molar-refractivity contribution in [1.82, 2.24) is 4.98 Å². The molecule has 1 heterocycles. The number of nitrogens with zero attached hydrogens (tertiary/aromatic N) is 2. The van der Waals surface area contributed by atoms with E-state index in [9.17, 15) is 19.8 Å². The number of benzene rings is 3. The molecule has 0 bridgehead atoms. The average molecular weight is 516 g/mol. The molecule has 0 atom stereocenters. The normalized spacial score (nSPS) is 12.1. The van der Waals surface area contributed by atoms with Crippen LogP contribution >= 0.6 is 11.3 Å². The van der Waals surface area contributed by atoms with E-state index in [2.05, 4.69) is 15.5 Å². The van der Waals surface area contributed by atoms with Gasteiger partial charge in [0.15, 0.2) is 5.13 Å². The Bertz CT molecular complexity index is 1310. The molecule has 3 N–H and O–H groups in total. The third-order valence-corrected chi connectivity index (χ3v) is 6.50. The van der Waals surface area contributed by atoms with Crippen LogP contribution in [0.4, 0.5) is 5.13 Å². The molecule has 0 saturated carbocycles. The molecule has 37 heavy (non-hydrogen) atoms. The molecule has 4 aromatic rings. The van der Waals surface area contributed by atoms with E-state index in [-0.39, 0.29) is 5.69 Å². The molecule has 0 aliphatic rings. The number of aromatic nitrogens is 1. The minimum absolute atomic E-state index is 0.0456. The molecule has 9 heteroatoms. The number of carboxylic acids is 2. The highest BCUT2D eigenvalue weighted by atomic mass is 32.1. The first-order chi connectivity index (χ1) is 17.7. The Morgan fingerprint density at radius 3 is 1.70 bits per heavy atom. The van der Waals surface area contributed by atoms with Crippen molar-refractivity contribution < 1.29 is 24.6 Å². The first-order valence-corrected chi connectivity index (χ1v) is 12.3. The number of oxime groups is 1. The average Bonchev–Trinajstić information content (AvgIpc) is 3.36. The zero-order valence-corrected chi connectivity index (χ0v) is 21.0. The molecule has 188 valence electrons. The fourth-order valence-electron chi connectivity index (χ4n) is 3.78. The lowest BCUT2D eigenvalue weighted by Crippen LogP contribution is -2.38. The second kappa shape index (κ2) is 10.6. The van der Waals surface area contributed by atoms with E-state index in [0.717, 1.165) is 16.7 Å². The molecule has 0 fully saturated rings. The van der Waals surface area contributed by atoms with E-state index < -0.39 is 28.8 Å². The number of carboxylic acid groups (broad SMARTS) is 2. The minimum atomic E-state index is -1.71. The quantitative estimate of drug-likeness (QED) is 0.150. The number of anilines is 1. The summed E-state index contributed by atoms with van der Waals surface area (Å²) in [6, 6.07) is 29.7. The van der Waals surface area contributed by atoms with Crippen LogP contribution in [0, 0.1) is 0 Å². The van der Waals surface area contributed by atoms with Crippen LogP contribution in [-0.2, 0) is 20.0 Å². The summed E-state index contributed by atoms with van der Waals surface area (Å²) in [5.41, 5.74) is -0.122. The molecule has 3 aromatic carbocycles. The molecular formula is C28H25N3O5S. The summed E-state index contributed by atoms with van der Waals surface area (Å²) < 4.78 is 0. The van der Waals surface area contributed by atoms with Crippen LogP contribution in [0.2, 0.25) is 0 Å². The summed E-state index contributed by atoms with van der Waals surface area (Å²) in [4.78, 5) is 32.8. The second-order valence-electron chi connectivity index (χ2n) is 8.66. The van der Waals surface area contributed by atoms with Crippen LogP contribution in [0.25, 0.3) is 0 Å². The van der Waals surface area contributed by atoms with Crippen molar-refractivity contribution >= 4 is 34.1 Å². The zero-order chi connectivity index (χ0) is 26.5. The molecule has 0 spiro atoms. The lowest BCUT2D eigenvalue weighted by molar-refractivity contribution is -0.161. The maximum absolute atomic E-state index is 11.9. The van der Waals surface area contributed by atoms with Crippen molar-refractivity contribution in [2.24, 2.45) is 5.16 Å². The van der Waals surface area contributed by atoms with Crippen molar-refractivity contribution in [2.45, 2.75) is 25.0 Å². The molecular weight excluding hydrogens is 490 g/mol. The summed E-state index contributed by atoms with van der Waals surface area (Å²) in [6.45, 7) is 2.56. The van der Waals surface area contributed by atoms with Gasteiger partial charge in [-0.15, -0.1) is 11.3 Å². The van der Waals surface area contributed by atoms with Crippen molar-refractivity contribution in [1.29, 1.82) is 0 Å². The maximum atomic E-state index is 11.9. The third kappa shape index (κ3) is 5.36. The van der Waals surface area contributed by atoms with Crippen molar-refractivity contribution in [2.75, 3.05) is 5.32 Å². The molecule has 0 amide bonds. The van der Waals surface area contributed by atoms with E-state index in [1.165, 1.54) is 30.6 Å². The van der Waals surface area contributed by atoms with E-state index in [0.29, 0.717) is 5.13 Å². The van der Waals surface area contributed by atoms with Crippen LogP contribution in [-0.4, -0.2) is 38.4 Å². The Kier molecular flexibility index (Phi) is 7.35. The molecule has 0 aliphatic carbocycles. The van der Waals surface area contributed by atoms with Crippen LogP contribution in [0.1, 0.15) is 36.2 Å². The summed E-state index contributed by atoms with van der Waals surface area (Å²) in [7, 11) is 0. The monoisotopic (exact) mass is 515 g/mol. The largest absolute Gasteiger partial charge is 0.478 e. The SMILES string of the molecule is CC(C)(O/N=C(\C(=O)O)c1csc(NC(c2ccccc2)(c2ccccc2)c2ccccc2)n1)C(=O)O. The Hall–Kier alpha value is -4.50. The molecule has 1 aromatic heterocycles. The van der Waals surface area contributed by atoms with Crippen LogP contribution in [0.3, 0.4) is 0 Å². The van der Waals surface area contributed by atoms with Gasteiger partial charge in [0.05, 0.1) is 0 Å². The Morgan fingerprint density at radius 1 is 0.838 bits per heavy atom. The summed E-state index contributed by atoms with van der Waals surface area (Å²) in [5.74, 6) is -2.67. The van der Waals surface area contributed by atoms with E-state index >= 15 is 0 Å². The summed E-state index contributed by atoms with van der Waals surface area (Å²) in [5, 5.41) is 28.2. The smallest absolute Gasteiger partial charge is 0.360 e. The highest BCUT2D eigenvalue weighted by molar-refractivity contribution is 7.14. The number of carbonyl (C=O) groups is 2. The number of hydrogen-bond donors (Lipinski definition) is 3. The van der Waals surface area contributed by atoms with Gasteiger partial charge in [-0.05, 0) is 30.5 Å². The van der Waals surface area contributed by atoms with Gasteiger partial charge in [-0.3, -0.25) is 0 Å². The second-order valence-corrected chi connectivity index (χ2v) is 9.52. The molecule has 0 unspecified atom stereocenters. The van der Waals surface area contributed by atoms with Crippen LogP contribution in [0.15, 0.2) is 102 Å². The Labute approximate surface area is 217 Å². The van der Waals surface area contributed by atoms with E-state index in [4.69, 9.17) is 4.84 Å². The first kappa shape index (κ1) is 25.6. The molecule has 0 radical (unpaired) electrons. The predicted octanol–water partition coefficient (Wildman–Crippen LogP) is 5.22. The van der Waals surface area contributed by atoms with Gasteiger partial charge >= 0.3 is 11.9 Å².